The molecule has 0 fully saturated rings. The van der Waals surface area contributed by atoms with Crippen molar-refractivity contribution < 1.29 is 4.79 Å². The lowest BCUT2D eigenvalue weighted by Gasteiger charge is -2.15. The highest BCUT2D eigenvalue weighted by atomic mass is 16.1. The number of rotatable bonds is 5. The van der Waals surface area contributed by atoms with Crippen LogP contribution >= 0.6 is 0 Å². The highest BCUT2D eigenvalue weighted by Crippen LogP contribution is 2.00. The first-order valence-electron chi connectivity index (χ1n) is 4.39. The molecule has 0 aromatic rings. The van der Waals surface area contributed by atoms with Gasteiger partial charge in [0.15, 0.2) is 0 Å². The summed E-state index contributed by atoms with van der Waals surface area (Å²) in [6.07, 6.45) is 5.42. The second-order valence-corrected chi connectivity index (χ2v) is 3.14. The molecule has 5 nitrogen and oxygen atoms in total. The van der Waals surface area contributed by atoms with Gasteiger partial charge in [-0.1, -0.05) is 0 Å². The zero-order valence-corrected chi connectivity index (χ0v) is 7.57. The van der Waals surface area contributed by atoms with Crippen molar-refractivity contribution in [2.45, 2.75) is 18.9 Å². The Bertz CT molecular complexity index is 202. The quantitative estimate of drug-likeness (QED) is 0.507. The van der Waals surface area contributed by atoms with Gasteiger partial charge in [0.2, 0.25) is 5.91 Å². The number of carbonyl (C=O) groups excluding carboxylic acids is 1. The van der Waals surface area contributed by atoms with Crippen LogP contribution in [0.5, 0.6) is 0 Å². The summed E-state index contributed by atoms with van der Waals surface area (Å²) in [5.41, 5.74) is 10.5. The average molecular weight is 184 g/mol. The summed E-state index contributed by atoms with van der Waals surface area (Å²) in [4.78, 5) is 12.7. The van der Waals surface area contributed by atoms with E-state index in [9.17, 15) is 4.79 Å². The summed E-state index contributed by atoms with van der Waals surface area (Å²) in [5.74, 6) is -0.421. The molecule has 1 heterocycles. The minimum Gasteiger partial charge on any atom is -0.373 e. The standard InChI is InChI=1S/C8H16N4O/c9-7(8(10)13)2-1-4-12-5-3-11-6-12/h3,5,7,11H,1-2,4,6,9H2,(H2,10,13). The van der Waals surface area contributed by atoms with Crippen molar-refractivity contribution in [1.82, 2.24) is 10.2 Å². The second-order valence-electron chi connectivity index (χ2n) is 3.14. The third-order valence-electron chi connectivity index (χ3n) is 2.02. The van der Waals surface area contributed by atoms with Gasteiger partial charge in [-0.15, -0.1) is 0 Å². The zero-order chi connectivity index (χ0) is 9.68. The van der Waals surface area contributed by atoms with Crippen molar-refractivity contribution in [3.63, 3.8) is 0 Å². The Morgan fingerprint density at radius 3 is 3.00 bits per heavy atom. The van der Waals surface area contributed by atoms with Crippen LogP contribution in [-0.2, 0) is 4.79 Å². The summed E-state index contributed by atoms with van der Waals surface area (Å²) in [5, 5.41) is 3.06. The molecule has 5 N–H and O–H groups in total. The van der Waals surface area contributed by atoms with Crippen molar-refractivity contribution in [1.29, 1.82) is 0 Å². The predicted molar refractivity (Wildman–Crippen MR) is 50.3 cm³/mol. The summed E-state index contributed by atoms with van der Waals surface area (Å²) in [7, 11) is 0. The van der Waals surface area contributed by atoms with Gasteiger partial charge in [0.1, 0.15) is 0 Å². The number of primary amides is 1. The topological polar surface area (TPSA) is 84.4 Å². The van der Waals surface area contributed by atoms with Crippen LogP contribution in [0.1, 0.15) is 12.8 Å². The summed E-state index contributed by atoms with van der Waals surface area (Å²) < 4.78 is 0. The molecule has 0 radical (unpaired) electrons. The first kappa shape index (κ1) is 9.85. The largest absolute Gasteiger partial charge is 0.373 e. The molecule has 5 heteroatoms. The van der Waals surface area contributed by atoms with Crippen molar-refractivity contribution in [2.24, 2.45) is 11.5 Å². The van der Waals surface area contributed by atoms with Crippen molar-refractivity contribution in [3.8, 4) is 0 Å². The van der Waals surface area contributed by atoms with E-state index in [1.165, 1.54) is 0 Å². The van der Waals surface area contributed by atoms with Crippen LogP contribution < -0.4 is 16.8 Å². The molecular formula is C8H16N4O. The molecular weight excluding hydrogens is 168 g/mol. The maximum atomic E-state index is 10.6. The lowest BCUT2D eigenvalue weighted by molar-refractivity contribution is -0.119. The third-order valence-corrected chi connectivity index (χ3v) is 2.02. The molecule has 0 aliphatic carbocycles. The number of nitrogens with one attached hydrogen (secondary N) is 1. The number of hydrogen-bond donors (Lipinski definition) is 3. The van der Waals surface area contributed by atoms with Gasteiger partial charge < -0.3 is 21.7 Å². The van der Waals surface area contributed by atoms with Crippen LogP contribution in [0.25, 0.3) is 0 Å². The molecule has 13 heavy (non-hydrogen) atoms. The maximum Gasteiger partial charge on any atom is 0.234 e. The van der Waals surface area contributed by atoms with Gasteiger partial charge in [0.05, 0.1) is 12.7 Å². The van der Waals surface area contributed by atoms with E-state index in [0.29, 0.717) is 6.42 Å². The number of amides is 1. The van der Waals surface area contributed by atoms with E-state index in [1.54, 1.807) is 0 Å². The lowest BCUT2D eigenvalue weighted by Crippen LogP contribution is -2.36. The average Bonchev–Trinajstić information content (AvgIpc) is 2.56. The number of nitrogens with two attached hydrogens (primary N) is 2. The molecule has 0 aromatic carbocycles. The summed E-state index contributed by atoms with van der Waals surface area (Å²) in [6, 6.07) is -0.500. The van der Waals surface area contributed by atoms with Gasteiger partial charge in [-0.2, -0.15) is 0 Å². The van der Waals surface area contributed by atoms with E-state index in [1.807, 2.05) is 12.4 Å². The highest BCUT2D eigenvalue weighted by Gasteiger charge is 2.09. The Labute approximate surface area is 77.7 Å². The third kappa shape index (κ3) is 3.33. The Kier molecular flexibility index (Phi) is 3.57. The Hall–Kier alpha value is -1.23. The van der Waals surface area contributed by atoms with E-state index in [0.717, 1.165) is 19.6 Å². The van der Waals surface area contributed by atoms with Crippen LogP contribution in [0.3, 0.4) is 0 Å². The molecule has 1 amide bonds. The molecule has 74 valence electrons. The van der Waals surface area contributed by atoms with E-state index < -0.39 is 11.9 Å². The Balaban J connectivity index is 2.06. The van der Waals surface area contributed by atoms with Gasteiger partial charge in [0, 0.05) is 18.9 Å². The normalized spacial score (nSPS) is 17.2. The molecule has 0 aromatic heterocycles. The molecule has 0 spiro atoms. The lowest BCUT2D eigenvalue weighted by atomic mass is 10.1. The van der Waals surface area contributed by atoms with E-state index >= 15 is 0 Å². The van der Waals surface area contributed by atoms with Crippen molar-refractivity contribution in [2.75, 3.05) is 13.2 Å². The monoisotopic (exact) mass is 184 g/mol. The minimum absolute atomic E-state index is 0.421. The minimum atomic E-state index is -0.500. The zero-order valence-electron chi connectivity index (χ0n) is 7.57. The molecule has 1 unspecified atom stereocenters. The Morgan fingerprint density at radius 2 is 2.46 bits per heavy atom. The first-order chi connectivity index (χ1) is 6.20. The first-order valence-corrected chi connectivity index (χ1v) is 4.39. The van der Waals surface area contributed by atoms with Crippen LogP contribution in [-0.4, -0.2) is 30.1 Å². The molecule has 1 rings (SSSR count). The maximum absolute atomic E-state index is 10.6. The fourth-order valence-corrected chi connectivity index (χ4v) is 1.19. The molecule has 1 aliphatic heterocycles. The van der Waals surface area contributed by atoms with Crippen LogP contribution in [0, 0.1) is 0 Å². The highest BCUT2D eigenvalue weighted by molar-refractivity contribution is 5.79. The van der Waals surface area contributed by atoms with Crippen LogP contribution in [0.4, 0.5) is 0 Å². The predicted octanol–water partition coefficient (Wildman–Crippen LogP) is -1.09. The number of carbonyl (C=O) groups is 1. The van der Waals surface area contributed by atoms with Crippen LogP contribution in [0.2, 0.25) is 0 Å². The molecule has 0 bridgehead atoms. The fraction of sp³-hybridized carbons (Fsp3) is 0.625. The molecule has 1 atom stereocenters. The Morgan fingerprint density at radius 1 is 1.69 bits per heavy atom. The van der Waals surface area contributed by atoms with Gasteiger partial charge >= 0.3 is 0 Å². The SMILES string of the molecule is NC(=O)C(N)CCCN1C=CNC1. The van der Waals surface area contributed by atoms with E-state index in [2.05, 4.69) is 10.2 Å². The molecule has 0 saturated heterocycles. The number of nitrogens with zero attached hydrogens (tertiary/aromatic N) is 1. The van der Waals surface area contributed by atoms with Gasteiger partial charge in [-0.05, 0) is 12.8 Å². The summed E-state index contributed by atoms with van der Waals surface area (Å²) in [6.45, 7) is 1.75. The fourth-order valence-electron chi connectivity index (χ4n) is 1.19. The second kappa shape index (κ2) is 4.71. The van der Waals surface area contributed by atoms with Crippen molar-refractivity contribution in [3.05, 3.63) is 12.4 Å². The van der Waals surface area contributed by atoms with E-state index in [-0.39, 0.29) is 0 Å². The van der Waals surface area contributed by atoms with Gasteiger partial charge in [-0.3, -0.25) is 4.79 Å². The number of hydrogen-bond acceptors (Lipinski definition) is 4. The van der Waals surface area contributed by atoms with E-state index in [4.69, 9.17) is 11.5 Å². The van der Waals surface area contributed by atoms with Crippen LogP contribution in [0.15, 0.2) is 12.4 Å². The summed E-state index contributed by atoms with van der Waals surface area (Å²) >= 11 is 0. The van der Waals surface area contributed by atoms with Gasteiger partial charge in [-0.25, -0.2) is 0 Å². The van der Waals surface area contributed by atoms with Crippen molar-refractivity contribution >= 4 is 5.91 Å². The molecule has 1 aliphatic rings. The smallest absolute Gasteiger partial charge is 0.234 e. The van der Waals surface area contributed by atoms with Gasteiger partial charge in [0.25, 0.3) is 0 Å². The molecule has 0 saturated carbocycles.